The molecule has 2 aliphatic carbocycles. The van der Waals surface area contributed by atoms with Crippen molar-refractivity contribution in [2.24, 2.45) is 11.3 Å². The van der Waals surface area contributed by atoms with Gasteiger partial charge in [0.15, 0.2) is 0 Å². The maximum atomic E-state index is 10.9. The van der Waals surface area contributed by atoms with Crippen molar-refractivity contribution in [3.63, 3.8) is 0 Å². The molecule has 0 amide bonds. The van der Waals surface area contributed by atoms with Crippen molar-refractivity contribution in [1.29, 1.82) is 0 Å². The van der Waals surface area contributed by atoms with Gasteiger partial charge >= 0.3 is 0 Å². The summed E-state index contributed by atoms with van der Waals surface area (Å²) in [6.45, 7) is 3.19. The van der Waals surface area contributed by atoms with E-state index in [0.717, 1.165) is 19.4 Å². The molecule has 0 bridgehead atoms. The van der Waals surface area contributed by atoms with Crippen molar-refractivity contribution >= 4 is 0 Å². The van der Waals surface area contributed by atoms with E-state index in [4.69, 9.17) is 4.74 Å². The summed E-state index contributed by atoms with van der Waals surface area (Å²) in [6, 6.07) is 0. The zero-order chi connectivity index (χ0) is 12.6. The van der Waals surface area contributed by atoms with Gasteiger partial charge in [-0.25, -0.2) is 0 Å². The van der Waals surface area contributed by atoms with E-state index in [0.29, 0.717) is 5.92 Å². The van der Waals surface area contributed by atoms with Gasteiger partial charge in [-0.05, 0) is 56.3 Å². The average molecular weight is 252 g/mol. The smallest absolute Gasteiger partial charge is 0.0686 e. The maximum absolute atomic E-state index is 10.9. The fourth-order valence-electron chi connectivity index (χ4n) is 4.48. The van der Waals surface area contributed by atoms with Gasteiger partial charge in [0.1, 0.15) is 0 Å². The fraction of sp³-hybridized carbons (Fsp3) is 1.00. The Hall–Kier alpha value is -0.0800. The van der Waals surface area contributed by atoms with Gasteiger partial charge in [-0.15, -0.1) is 0 Å². The van der Waals surface area contributed by atoms with Crippen molar-refractivity contribution in [1.82, 2.24) is 0 Å². The second kappa shape index (κ2) is 4.79. The van der Waals surface area contributed by atoms with Crippen LogP contribution in [0, 0.1) is 11.3 Å². The first-order valence-corrected chi connectivity index (χ1v) is 7.96. The van der Waals surface area contributed by atoms with Crippen LogP contribution in [-0.2, 0) is 4.74 Å². The first-order valence-electron chi connectivity index (χ1n) is 7.96. The Morgan fingerprint density at radius 3 is 2.39 bits per heavy atom. The van der Waals surface area contributed by atoms with Crippen LogP contribution in [0.1, 0.15) is 71.1 Å². The molecule has 1 saturated heterocycles. The summed E-state index contributed by atoms with van der Waals surface area (Å²) < 4.78 is 5.99. The summed E-state index contributed by atoms with van der Waals surface area (Å²) in [5.74, 6) is 0.488. The van der Waals surface area contributed by atoms with Crippen LogP contribution in [0.2, 0.25) is 0 Å². The number of aliphatic hydroxyl groups is 1. The minimum atomic E-state index is -0.0980. The van der Waals surface area contributed by atoms with E-state index in [2.05, 4.69) is 6.92 Å². The van der Waals surface area contributed by atoms with Gasteiger partial charge in [0.05, 0.1) is 11.7 Å². The van der Waals surface area contributed by atoms with Gasteiger partial charge in [-0.2, -0.15) is 0 Å². The third kappa shape index (κ3) is 2.22. The highest BCUT2D eigenvalue weighted by Crippen LogP contribution is 2.49. The molecule has 1 N–H and O–H groups in total. The zero-order valence-electron chi connectivity index (χ0n) is 11.8. The number of hydrogen-bond acceptors (Lipinski definition) is 2. The van der Waals surface area contributed by atoms with Crippen LogP contribution < -0.4 is 0 Å². The molecule has 0 aromatic carbocycles. The van der Waals surface area contributed by atoms with Crippen LogP contribution in [-0.4, -0.2) is 23.4 Å². The molecular weight excluding hydrogens is 224 g/mol. The van der Waals surface area contributed by atoms with Crippen LogP contribution in [0.3, 0.4) is 0 Å². The summed E-state index contributed by atoms with van der Waals surface area (Å²) in [5.41, 5.74) is 0.361. The minimum Gasteiger partial charge on any atom is -0.392 e. The summed E-state index contributed by atoms with van der Waals surface area (Å²) in [4.78, 5) is 0. The van der Waals surface area contributed by atoms with Crippen molar-refractivity contribution < 1.29 is 9.84 Å². The van der Waals surface area contributed by atoms with Crippen molar-refractivity contribution in [2.45, 2.75) is 82.8 Å². The first-order chi connectivity index (χ1) is 8.64. The lowest BCUT2D eigenvalue weighted by atomic mass is 9.63. The molecule has 0 radical (unpaired) electrons. The van der Waals surface area contributed by atoms with Crippen LogP contribution >= 0.6 is 0 Å². The van der Waals surface area contributed by atoms with Crippen LogP contribution in [0.15, 0.2) is 0 Å². The monoisotopic (exact) mass is 252 g/mol. The van der Waals surface area contributed by atoms with E-state index in [1.807, 2.05) is 0 Å². The quantitative estimate of drug-likeness (QED) is 0.812. The van der Waals surface area contributed by atoms with Crippen LogP contribution in [0.5, 0.6) is 0 Å². The summed E-state index contributed by atoms with van der Waals surface area (Å²) in [6.07, 6.45) is 12.3. The number of aliphatic hydroxyl groups excluding tert-OH is 1. The van der Waals surface area contributed by atoms with E-state index in [1.54, 1.807) is 0 Å². The molecule has 2 saturated carbocycles. The van der Waals surface area contributed by atoms with E-state index in [1.165, 1.54) is 51.4 Å². The Morgan fingerprint density at radius 1 is 1.06 bits per heavy atom. The molecule has 1 spiro atoms. The van der Waals surface area contributed by atoms with E-state index in [-0.39, 0.29) is 17.1 Å². The summed E-state index contributed by atoms with van der Waals surface area (Å²) >= 11 is 0. The Bertz CT molecular complexity index is 289. The number of ether oxygens (including phenoxy) is 1. The van der Waals surface area contributed by atoms with Crippen molar-refractivity contribution in [3.8, 4) is 0 Å². The molecule has 18 heavy (non-hydrogen) atoms. The normalized spacial score (nSPS) is 36.0. The lowest BCUT2D eigenvalue weighted by Crippen LogP contribution is -2.50. The molecule has 104 valence electrons. The molecule has 2 atom stereocenters. The Balaban J connectivity index is 1.65. The molecule has 1 heterocycles. The third-order valence-corrected chi connectivity index (χ3v) is 5.95. The molecule has 2 unspecified atom stereocenters. The maximum Gasteiger partial charge on any atom is 0.0686 e. The highest BCUT2D eigenvalue weighted by atomic mass is 16.5. The molecular formula is C16H28O2. The molecule has 3 fully saturated rings. The molecule has 0 aromatic rings. The first kappa shape index (κ1) is 12.9. The second-order valence-corrected chi connectivity index (χ2v) is 7.30. The Morgan fingerprint density at radius 2 is 1.78 bits per heavy atom. The lowest BCUT2D eigenvalue weighted by Gasteiger charge is -2.51. The Labute approximate surface area is 111 Å². The van der Waals surface area contributed by atoms with Gasteiger partial charge in [-0.3, -0.25) is 0 Å². The van der Waals surface area contributed by atoms with Gasteiger partial charge in [0.2, 0.25) is 0 Å². The molecule has 2 heteroatoms. The predicted molar refractivity (Wildman–Crippen MR) is 72.5 cm³/mol. The fourth-order valence-corrected chi connectivity index (χ4v) is 4.48. The van der Waals surface area contributed by atoms with Gasteiger partial charge in [0.25, 0.3) is 0 Å². The molecule has 1 aliphatic heterocycles. The highest BCUT2D eigenvalue weighted by Gasteiger charge is 2.47. The minimum absolute atomic E-state index is 0.0980. The zero-order valence-corrected chi connectivity index (χ0v) is 11.8. The van der Waals surface area contributed by atoms with Crippen molar-refractivity contribution in [2.75, 3.05) is 6.61 Å². The number of rotatable bonds is 2. The third-order valence-electron chi connectivity index (χ3n) is 5.95. The second-order valence-electron chi connectivity index (χ2n) is 7.30. The van der Waals surface area contributed by atoms with Gasteiger partial charge in [-0.1, -0.05) is 26.2 Å². The SMILES string of the molecule is CC1(C(O)C2CCOC3(CCC3)C2)CCCCC1. The lowest BCUT2D eigenvalue weighted by molar-refractivity contribution is -0.170. The van der Waals surface area contributed by atoms with E-state index < -0.39 is 0 Å². The summed E-state index contributed by atoms with van der Waals surface area (Å²) in [7, 11) is 0. The molecule has 3 aliphatic rings. The molecule has 3 rings (SSSR count). The average Bonchev–Trinajstić information content (AvgIpc) is 2.37. The topological polar surface area (TPSA) is 29.5 Å². The number of hydrogen-bond donors (Lipinski definition) is 1. The van der Waals surface area contributed by atoms with Gasteiger partial charge in [0, 0.05) is 6.61 Å². The predicted octanol–water partition coefficient (Wildman–Crippen LogP) is 3.67. The van der Waals surface area contributed by atoms with Crippen LogP contribution in [0.4, 0.5) is 0 Å². The highest BCUT2D eigenvalue weighted by molar-refractivity contribution is 4.98. The largest absolute Gasteiger partial charge is 0.392 e. The van der Waals surface area contributed by atoms with E-state index >= 15 is 0 Å². The van der Waals surface area contributed by atoms with Crippen molar-refractivity contribution in [3.05, 3.63) is 0 Å². The summed E-state index contributed by atoms with van der Waals surface area (Å²) in [5, 5.41) is 10.9. The Kier molecular flexibility index (Phi) is 3.44. The van der Waals surface area contributed by atoms with Crippen LogP contribution in [0.25, 0.3) is 0 Å². The standard InChI is InChI=1S/C16H28O2/c1-15(7-3-2-4-8-15)14(17)13-6-11-18-16(12-13)9-5-10-16/h13-14,17H,2-12H2,1H3. The van der Waals surface area contributed by atoms with E-state index in [9.17, 15) is 5.11 Å². The molecule has 2 nitrogen and oxygen atoms in total. The van der Waals surface area contributed by atoms with Gasteiger partial charge < -0.3 is 9.84 Å². The molecule has 0 aromatic heterocycles.